The van der Waals surface area contributed by atoms with Crippen LogP contribution >= 0.6 is 0 Å². The second-order valence-corrected chi connectivity index (χ2v) is 13.4. The van der Waals surface area contributed by atoms with Crippen LogP contribution in [0.4, 0.5) is 17.1 Å². The van der Waals surface area contributed by atoms with E-state index in [4.69, 9.17) is 0 Å². The number of benzene rings is 2. The third kappa shape index (κ3) is 15.2. The Kier molecular flexibility index (Phi) is 16.3. The minimum absolute atomic E-state index is 0.0387. The Hall–Kier alpha value is -1.88. The van der Waals surface area contributed by atoms with Gasteiger partial charge in [0.1, 0.15) is 0 Å². The molecule has 0 bridgehead atoms. The quantitative estimate of drug-likeness (QED) is 0.0795. The molecule has 0 heterocycles. The summed E-state index contributed by atoms with van der Waals surface area (Å²) in [6.45, 7) is 3.26. The van der Waals surface area contributed by atoms with Crippen molar-refractivity contribution >= 4 is 35.6 Å². The topological polar surface area (TPSA) is 94.3 Å². The van der Waals surface area contributed by atoms with Gasteiger partial charge in [0.05, 0.1) is 0 Å². The normalized spacial score (nSPS) is 11.9. The summed E-state index contributed by atoms with van der Waals surface area (Å²) in [6.07, 6.45) is 22.1. The van der Waals surface area contributed by atoms with Gasteiger partial charge in [-0.2, -0.15) is 0 Å². The molecular weight excluding hydrogens is 525 g/mol. The van der Waals surface area contributed by atoms with Gasteiger partial charge in [0.15, 0.2) is 0 Å². The van der Waals surface area contributed by atoms with Crippen molar-refractivity contribution in [1.82, 2.24) is 0 Å². The van der Waals surface area contributed by atoms with Crippen molar-refractivity contribution in [3.8, 4) is 0 Å². The van der Waals surface area contributed by atoms with E-state index in [0.29, 0.717) is 5.69 Å². The second kappa shape index (κ2) is 19.2. The predicted octanol–water partition coefficient (Wildman–Crippen LogP) is 8.34. The fourth-order valence-corrected chi connectivity index (χ4v) is 5.51. The van der Waals surface area contributed by atoms with Crippen molar-refractivity contribution in [3.05, 3.63) is 48.5 Å². The molecule has 0 aromatic heterocycles. The van der Waals surface area contributed by atoms with Crippen LogP contribution in [0.25, 0.3) is 0 Å². The van der Waals surface area contributed by atoms with E-state index in [-0.39, 0.29) is 4.35 Å². The van der Waals surface area contributed by atoms with E-state index < -0.39 is 14.2 Å². The first kappa shape index (κ1) is 31.3. The van der Waals surface area contributed by atoms with Gasteiger partial charge < -0.3 is 0 Å². The summed E-state index contributed by atoms with van der Waals surface area (Å²) in [5, 5.41) is 11.8. The van der Waals surface area contributed by atoms with Crippen LogP contribution in [0, 0.1) is 0 Å². The van der Waals surface area contributed by atoms with Gasteiger partial charge in [0.2, 0.25) is 0 Å². The Labute approximate surface area is 227 Å². The average molecular weight is 574 g/mol. The SMILES string of the molecule is CCCCCCCCCCCCCCCCCCNc1ccc(N=Nc2ccc([As](=O)(O)O)cc2)cc1. The van der Waals surface area contributed by atoms with E-state index in [0.717, 1.165) is 17.9 Å². The Balaban J connectivity index is 1.45. The van der Waals surface area contributed by atoms with Gasteiger partial charge >= 0.3 is 118 Å². The number of rotatable bonds is 21. The number of unbranched alkanes of at least 4 members (excludes halogenated alkanes) is 15. The standard InChI is InChI=1S/C30H48AsN3O3/c1-2-3-4-5-6-7-8-9-10-11-12-13-14-15-16-17-26-32-28-22-24-30(25-23-28)34-33-29-20-18-27(19-21-29)31(35,36)37/h18-25,32H,2-17,26H2,1H3,(H2,35,36,37). The van der Waals surface area contributed by atoms with Crippen LogP contribution in [0.1, 0.15) is 110 Å². The van der Waals surface area contributed by atoms with E-state index in [1.165, 1.54) is 115 Å². The summed E-state index contributed by atoms with van der Waals surface area (Å²) >= 11 is -4.85. The molecule has 0 aliphatic heterocycles. The molecule has 7 heteroatoms. The summed E-state index contributed by atoms with van der Waals surface area (Å²) in [6, 6.07) is 13.7. The van der Waals surface area contributed by atoms with Crippen molar-refractivity contribution in [2.24, 2.45) is 10.2 Å². The van der Waals surface area contributed by atoms with Crippen molar-refractivity contribution in [3.63, 3.8) is 0 Å². The van der Waals surface area contributed by atoms with Crippen LogP contribution in [0.3, 0.4) is 0 Å². The van der Waals surface area contributed by atoms with Crippen molar-refractivity contribution in [2.45, 2.75) is 110 Å². The zero-order chi connectivity index (χ0) is 26.6. The molecule has 0 fully saturated rings. The molecule has 2 rings (SSSR count). The molecule has 6 nitrogen and oxygen atoms in total. The van der Waals surface area contributed by atoms with Gasteiger partial charge in [-0.3, -0.25) is 0 Å². The molecule has 0 aliphatic rings. The average Bonchev–Trinajstić information content (AvgIpc) is 2.89. The number of anilines is 1. The fourth-order valence-electron chi connectivity index (χ4n) is 4.38. The Morgan fingerprint density at radius 3 is 1.38 bits per heavy atom. The van der Waals surface area contributed by atoms with Gasteiger partial charge in [-0.1, -0.05) is 103 Å². The molecule has 37 heavy (non-hydrogen) atoms. The first-order valence-electron chi connectivity index (χ1n) is 14.4. The zero-order valence-electron chi connectivity index (χ0n) is 22.8. The van der Waals surface area contributed by atoms with Crippen LogP contribution < -0.4 is 9.67 Å². The molecule has 0 unspecified atom stereocenters. The first-order valence-corrected chi connectivity index (χ1v) is 17.8. The summed E-state index contributed by atoms with van der Waals surface area (Å²) in [5.41, 5.74) is 2.36. The number of azo groups is 1. The van der Waals surface area contributed by atoms with Crippen LogP contribution in [0.2, 0.25) is 0 Å². The molecular formula is C30H48AsN3O3. The van der Waals surface area contributed by atoms with Gasteiger partial charge in [-0.15, -0.1) is 0 Å². The van der Waals surface area contributed by atoms with Crippen molar-refractivity contribution < 1.29 is 11.9 Å². The number of nitrogens with zero attached hydrogens (tertiary/aromatic N) is 2. The monoisotopic (exact) mass is 573 g/mol. The summed E-state index contributed by atoms with van der Waals surface area (Å²) in [5.74, 6) is 0. The van der Waals surface area contributed by atoms with E-state index in [1.54, 1.807) is 12.1 Å². The Morgan fingerprint density at radius 2 is 0.973 bits per heavy atom. The second-order valence-electron chi connectivity index (χ2n) is 10.0. The van der Waals surface area contributed by atoms with Crippen LogP contribution in [0.5, 0.6) is 0 Å². The minimum atomic E-state index is -4.85. The third-order valence-electron chi connectivity index (χ3n) is 6.69. The number of hydrogen-bond acceptors (Lipinski definition) is 4. The molecule has 2 aromatic carbocycles. The van der Waals surface area contributed by atoms with Gasteiger partial charge in [-0.25, -0.2) is 0 Å². The predicted molar refractivity (Wildman–Crippen MR) is 156 cm³/mol. The molecule has 0 saturated heterocycles. The molecule has 0 radical (unpaired) electrons. The first-order chi connectivity index (χ1) is 18.0. The van der Waals surface area contributed by atoms with Crippen molar-refractivity contribution in [1.29, 1.82) is 0 Å². The Morgan fingerprint density at radius 1 is 0.595 bits per heavy atom. The van der Waals surface area contributed by atoms with Crippen LogP contribution in [-0.2, 0) is 3.74 Å². The Bertz CT molecular complexity index is 911. The zero-order valence-corrected chi connectivity index (χ0v) is 24.7. The van der Waals surface area contributed by atoms with Crippen LogP contribution in [0.15, 0.2) is 58.8 Å². The van der Waals surface area contributed by atoms with Gasteiger partial charge in [0.25, 0.3) is 0 Å². The van der Waals surface area contributed by atoms with E-state index in [2.05, 4.69) is 22.5 Å². The van der Waals surface area contributed by atoms with Crippen LogP contribution in [-0.4, -0.2) is 28.9 Å². The van der Waals surface area contributed by atoms with E-state index >= 15 is 0 Å². The third-order valence-corrected chi connectivity index (χ3v) is 8.73. The summed E-state index contributed by atoms with van der Waals surface area (Å²) in [4.78, 5) is 0. The maximum atomic E-state index is 11.3. The number of nitrogens with one attached hydrogen (secondary N) is 1. The molecule has 0 aliphatic carbocycles. The number of hydrogen-bond donors (Lipinski definition) is 3. The summed E-state index contributed by atoms with van der Waals surface area (Å²) in [7, 11) is 0. The molecule has 0 atom stereocenters. The van der Waals surface area contributed by atoms with E-state index in [1.807, 2.05) is 24.3 Å². The molecule has 3 N–H and O–H groups in total. The van der Waals surface area contributed by atoms with E-state index in [9.17, 15) is 11.9 Å². The van der Waals surface area contributed by atoms with Crippen molar-refractivity contribution in [2.75, 3.05) is 11.9 Å². The molecule has 0 saturated carbocycles. The molecule has 206 valence electrons. The molecule has 0 amide bonds. The fraction of sp³-hybridized carbons (Fsp3) is 0.600. The molecule has 0 spiro atoms. The van der Waals surface area contributed by atoms with Gasteiger partial charge in [-0.05, 0) is 6.42 Å². The van der Waals surface area contributed by atoms with Gasteiger partial charge in [0, 0.05) is 0 Å². The maximum absolute atomic E-state index is 11.3. The molecule has 2 aromatic rings. The summed E-state index contributed by atoms with van der Waals surface area (Å²) < 4.78 is 29.8.